The maximum atomic E-state index is 12.0. The van der Waals surface area contributed by atoms with Gasteiger partial charge in [0.15, 0.2) is 17.1 Å². The lowest BCUT2D eigenvalue weighted by Gasteiger charge is -2.00. The van der Waals surface area contributed by atoms with Crippen molar-refractivity contribution in [2.75, 3.05) is 5.73 Å². The number of halogens is 3. The molecule has 0 atom stereocenters. The highest BCUT2D eigenvalue weighted by Crippen LogP contribution is 2.33. The summed E-state index contributed by atoms with van der Waals surface area (Å²) in [5, 5.41) is -0.260. The summed E-state index contributed by atoms with van der Waals surface area (Å²) in [5.41, 5.74) is 3.79. The quantitative estimate of drug-likeness (QED) is 0.693. The first-order valence-corrected chi connectivity index (χ1v) is 3.55. The average molecular weight is 196 g/mol. The van der Waals surface area contributed by atoms with Crippen LogP contribution in [-0.2, 0) is 6.18 Å². The molecule has 1 aromatic rings. The van der Waals surface area contributed by atoms with Gasteiger partial charge in [-0.1, -0.05) is 11.3 Å². The minimum atomic E-state index is -4.61. The molecule has 0 bridgehead atoms. The van der Waals surface area contributed by atoms with Crippen LogP contribution in [0.5, 0.6) is 0 Å². The van der Waals surface area contributed by atoms with Crippen LogP contribution < -0.4 is 5.73 Å². The molecule has 1 rings (SSSR count). The number of carbonyl (C=O) groups excluding carboxylic acids is 1. The van der Waals surface area contributed by atoms with E-state index in [1.165, 1.54) is 0 Å². The van der Waals surface area contributed by atoms with Gasteiger partial charge in [0, 0.05) is 0 Å². The number of alkyl halides is 3. The largest absolute Gasteiger partial charge is 0.434 e. The van der Waals surface area contributed by atoms with Crippen molar-refractivity contribution in [3.8, 4) is 0 Å². The fraction of sp³-hybridized carbons (Fsp3) is 0.200. The van der Waals surface area contributed by atoms with Gasteiger partial charge < -0.3 is 5.73 Å². The van der Waals surface area contributed by atoms with Crippen molar-refractivity contribution in [3.63, 3.8) is 0 Å². The van der Waals surface area contributed by atoms with E-state index >= 15 is 0 Å². The zero-order valence-electron chi connectivity index (χ0n) is 5.55. The minimum absolute atomic E-state index is 0.0941. The Morgan fingerprint density at radius 3 is 2.42 bits per heavy atom. The Kier molecular flexibility index (Phi) is 2.05. The molecule has 3 nitrogen and oxygen atoms in total. The number of thiazole rings is 1. The number of nitrogen functional groups attached to an aromatic ring is 1. The standard InChI is InChI=1S/C5H3F3N2OS/c6-5(7,8)3-2(1-11)12-4(9)10-3/h1H,(H2,9,10). The number of nitrogens with zero attached hydrogens (tertiary/aromatic N) is 1. The molecule has 66 valence electrons. The normalized spacial score (nSPS) is 11.6. The molecule has 0 saturated carbocycles. The van der Waals surface area contributed by atoms with Crippen molar-refractivity contribution in [3.05, 3.63) is 10.6 Å². The lowest BCUT2D eigenvalue weighted by molar-refractivity contribution is -0.140. The van der Waals surface area contributed by atoms with Crippen LogP contribution in [0.3, 0.4) is 0 Å². The smallest absolute Gasteiger partial charge is 0.375 e. The van der Waals surface area contributed by atoms with Crippen LogP contribution in [-0.4, -0.2) is 11.3 Å². The van der Waals surface area contributed by atoms with Crippen LogP contribution in [0.15, 0.2) is 0 Å². The summed E-state index contributed by atoms with van der Waals surface area (Å²) in [6, 6.07) is 0. The van der Waals surface area contributed by atoms with Gasteiger partial charge in [-0.15, -0.1) is 0 Å². The lowest BCUT2D eigenvalue weighted by Crippen LogP contribution is -2.08. The third-order valence-electron chi connectivity index (χ3n) is 1.05. The molecule has 0 spiro atoms. The molecule has 0 aliphatic carbocycles. The summed E-state index contributed by atoms with van der Waals surface area (Å²) in [6.45, 7) is 0. The molecule has 0 saturated heterocycles. The lowest BCUT2D eigenvalue weighted by atomic mass is 10.4. The van der Waals surface area contributed by atoms with E-state index in [4.69, 9.17) is 5.73 Å². The third-order valence-corrected chi connectivity index (χ3v) is 1.86. The Labute approximate surface area is 69.0 Å². The number of aromatic nitrogens is 1. The fourth-order valence-electron chi connectivity index (χ4n) is 0.632. The number of carbonyl (C=O) groups is 1. The number of hydrogen-bond donors (Lipinski definition) is 1. The van der Waals surface area contributed by atoms with Crippen LogP contribution in [0, 0.1) is 0 Å². The van der Waals surface area contributed by atoms with Gasteiger partial charge in [-0.3, -0.25) is 4.79 Å². The molecule has 0 radical (unpaired) electrons. The Morgan fingerprint density at radius 2 is 2.08 bits per heavy atom. The first kappa shape index (κ1) is 8.98. The highest BCUT2D eigenvalue weighted by Gasteiger charge is 2.37. The van der Waals surface area contributed by atoms with E-state index in [0.717, 1.165) is 0 Å². The maximum absolute atomic E-state index is 12.0. The monoisotopic (exact) mass is 196 g/mol. The highest BCUT2D eigenvalue weighted by atomic mass is 32.1. The van der Waals surface area contributed by atoms with Gasteiger partial charge in [-0.05, 0) is 0 Å². The Balaban J connectivity index is 3.22. The van der Waals surface area contributed by atoms with Crippen molar-refractivity contribution in [2.45, 2.75) is 6.18 Å². The first-order valence-electron chi connectivity index (χ1n) is 2.74. The van der Waals surface area contributed by atoms with Crippen LogP contribution in [0.1, 0.15) is 15.4 Å². The topological polar surface area (TPSA) is 56.0 Å². The molecule has 0 amide bonds. The van der Waals surface area contributed by atoms with Crippen molar-refractivity contribution in [2.24, 2.45) is 0 Å². The van der Waals surface area contributed by atoms with Gasteiger partial charge in [0.25, 0.3) is 0 Å². The average Bonchev–Trinajstić information content (AvgIpc) is 2.29. The van der Waals surface area contributed by atoms with E-state index in [-0.39, 0.29) is 11.4 Å². The van der Waals surface area contributed by atoms with Gasteiger partial charge in [-0.2, -0.15) is 13.2 Å². The first-order chi connectivity index (χ1) is 5.45. The second-order valence-electron chi connectivity index (χ2n) is 1.88. The maximum Gasteiger partial charge on any atom is 0.434 e. The molecular formula is C5H3F3N2OS. The second kappa shape index (κ2) is 2.74. The SMILES string of the molecule is Nc1nc(C(F)(F)F)c(C=O)s1. The molecule has 1 heterocycles. The summed E-state index contributed by atoms with van der Waals surface area (Å²) in [5.74, 6) is 0. The molecule has 2 N–H and O–H groups in total. The van der Waals surface area contributed by atoms with Crippen LogP contribution >= 0.6 is 11.3 Å². The van der Waals surface area contributed by atoms with Crippen LogP contribution in [0.4, 0.5) is 18.3 Å². The van der Waals surface area contributed by atoms with E-state index in [0.29, 0.717) is 11.3 Å². The molecule has 0 aliphatic heterocycles. The number of hydrogen-bond acceptors (Lipinski definition) is 4. The van der Waals surface area contributed by atoms with Crippen LogP contribution in [0.25, 0.3) is 0 Å². The van der Waals surface area contributed by atoms with Crippen LogP contribution in [0.2, 0.25) is 0 Å². The fourth-order valence-corrected chi connectivity index (χ4v) is 1.30. The molecule has 12 heavy (non-hydrogen) atoms. The van der Waals surface area contributed by atoms with Gasteiger partial charge >= 0.3 is 6.18 Å². The summed E-state index contributed by atoms with van der Waals surface area (Å²) in [6.07, 6.45) is -4.51. The van der Waals surface area contributed by atoms with Gasteiger partial charge in [0.1, 0.15) is 4.88 Å². The zero-order valence-corrected chi connectivity index (χ0v) is 6.37. The Bertz CT molecular complexity index is 306. The molecule has 0 unspecified atom stereocenters. The van der Waals surface area contributed by atoms with E-state index < -0.39 is 16.7 Å². The Hall–Kier alpha value is -1.11. The second-order valence-corrected chi connectivity index (χ2v) is 2.94. The molecule has 0 fully saturated rings. The number of nitrogens with two attached hydrogens (primary N) is 1. The minimum Gasteiger partial charge on any atom is -0.375 e. The molecular weight excluding hydrogens is 193 g/mol. The molecule has 1 aromatic heterocycles. The number of aldehydes is 1. The van der Waals surface area contributed by atoms with Crippen molar-refractivity contribution in [1.82, 2.24) is 4.98 Å². The third kappa shape index (κ3) is 1.55. The predicted molar refractivity (Wildman–Crippen MR) is 36.9 cm³/mol. The zero-order chi connectivity index (χ0) is 9.35. The van der Waals surface area contributed by atoms with Gasteiger partial charge in [-0.25, -0.2) is 4.98 Å². The summed E-state index contributed by atoms with van der Waals surface area (Å²) >= 11 is 0.520. The predicted octanol–water partition coefficient (Wildman–Crippen LogP) is 1.56. The van der Waals surface area contributed by atoms with Crippen molar-refractivity contribution >= 4 is 22.8 Å². The van der Waals surface area contributed by atoms with Gasteiger partial charge in [0.05, 0.1) is 0 Å². The van der Waals surface area contributed by atoms with Gasteiger partial charge in [0.2, 0.25) is 0 Å². The van der Waals surface area contributed by atoms with E-state index in [1.54, 1.807) is 0 Å². The molecule has 0 aliphatic rings. The molecule has 0 aromatic carbocycles. The molecule has 7 heteroatoms. The Morgan fingerprint density at radius 1 is 1.50 bits per heavy atom. The van der Waals surface area contributed by atoms with Crippen molar-refractivity contribution in [1.29, 1.82) is 0 Å². The van der Waals surface area contributed by atoms with Crippen molar-refractivity contribution < 1.29 is 18.0 Å². The highest BCUT2D eigenvalue weighted by molar-refractivity contribution is 7.17. The summed E-state index contributed by atoms with van der Waals surface area (Å²) < 4.78 is 35.9. The van der Waals surface area contributed by atoms with E-state index in [9.17, 15) is 18.0 Å². The van der Waals surface area contributed by atoms with E-state index in [2.05, 4.69) is 4.98 Å². The number of anilines is 1. The summed E-state index contributed by atoms with van der Waals surface area (Å²) in [4.78, 5) is 12.6. The summed E-state index contributed by atoms with van der Waals surface area (Å²) in [7, 11) is 0. The number of rotatable bonds is 1. The van der Waals surface area contributed by atoms with E-state index in [1.807, 2.05) is 0 Å².